The molecule has 0 spiro atoms. The van der Waals surface area contributed by atoms with Crippen molar-refractivity contribution in [1.82, 2.24) is 5.32 Å². The maximum Gasteiger partial charge on any atom is 0.330 e. The molecule has 0 radical (unpaired) electrons. The lowest BCUT2D eigenvalue weighted by molar-refractivity contribution is -0.148. The maximum absolute atomic E-state index is 12.2. The van der Waals surface area contributed by atoms with Crippen LogP contribution in [0.4, 0.5) is 0 Å². The summed E-state index contributed by atoms with van der Waals surface area (Å²) in [5, 5.41) is 4.08. The van der Waals surface area contributed by atoms with Crippen LogP contribution >= 0.6 is 11.6 Å². The maximum atomic E-state index is 12.2. The van der Waals surface area contributed by atoms with Crippen molar-refractivity contribution in [2.24, 2.45) is 0 Å². The van der Waals surface area contributed by atoms with Gasteiger partial charge >= 0.3 is 5.97 Å². The summed E-state index contributed by atoms with van der Waals surface area (Å²) in [5.74, 6) is -0.276. The number of hydrogen-bond donors (Lipinski definition) is 1. The van der Waals surface area contributed by atoms with Crippen LogP contribution < -0.4 is 5.32 Å². The van der Waals surface area contributed by atoms with E-state index in [1.165, 1.54) is 20.0 Å². The van der Waals surface area contributed by atoms with Gasteiger partial charge in [-0.2, -0.15) is 0 Å². The first kappa shape index (κ1) is 14.4. The van der Waals surface area contributed by atoms with Gasteiger partial charge in [0.05, 0.1) is 7.11 Å². The number of methoxy groups -OCH3 is 1. The highest BCUT2D eigenvalue weighted by atomic mass is 35.5. The molecule has 1 saturated carbocycles. The van der Waals surface area contributed by atoms with Gasteiger partial charge in [-0.15, -0.1) is 0 Å². The molecule has 1 aromatic carbocycles. The van der Waals surface area contributed by atoms with Crippen LogP contribution in [-0.4, -0.2) is 19.1 Å². The molecule has 0 saturated heterocycles. The number of carbonyl (C=O) groups excluding carboxylic acids is 1. The van der Waals surface area contributed by atoms with Gasteiger partial charge < -0.3 is 4.74 Å². The van der Waals surface area contributed by atoms with Gasteiger partial charge in [-0.3, -0.25) is 5.32 Å². The smallest absolute Gasteiger partial charge is 0.330 e. The molecule has 0 aromatic heterocycles. The second kappa shape index (κ2) is 5.93. The molecular weight excluding hydrogens is 262 g/mol. The minimum Gasteiger partial charge on any atom is -0.467 e. The standard InChI is InChI=1S/C15H20ClNO2/c1-15(14(18)19-2,17-13-8-3-4-9-13)11-6-5-7-12(16)10-11/h5-7,10,13,17H,3-4,8-9H2,1-2H3. The Labute approximate surface area is 119 Å². The van der Waals surface area contributed by atoms with Gasteiger partial charge in [0, 0.05) is 11.1 Å². The zero-order valence-electron chi connectivity index (χ0n) is 11.4. The highest BCUT2D eigenvalue weighted by molar-refractivity contribution is 6.30. The summed E-state index contributed by atoms with van der Waals surface area (Å²) in [7, 11) is 1.42. The molecule has 1 aliphatic rings. The van der Waals surface area contributed by atoms with Crippen molar-refractivity contribution in [3.8, 4) is 0 Å². The summed E-state index contributed by atoms with van der Waals surface area (Å²) in [6.07, 6.45) is 4.63. The number of esters is 1. The Morgan fingerprint density at radius 1 is 1.42 bits per heavy atom. The van der Waals surface area contributed by atoms with Crippen molar-refractivity contribution in [2.75, 3.05) is 7.11 Å². The van der Waals surface area contributed by atoms with E-state index in [9.17, 15) is 4.79 Å². The lowest BCUT2D eigenvalue weighted by Crippen LogP contribution is -2.51. The van der Waals surface area contributed by atoms with Gasteiger partial charge in [-0.1, -0.05) is 36.6 Å². The van der Waals surface area contributed by atoms with E-state index in [2.05, 4.69) is 5.32 Å². The molecule has 1 atom stereocenters. The van der Waals surface area contributed by atoms with Gasteiger partial charge in [0.2, 0.25) is 0 Å². The number of rotatable bonds is 4. The number of halogens is 1. The molecule has 1 fully saturated rings. The zero-order valence-corrected chi connectivity index (χ0v) is 12.2. The van der Waals surface area contributed by atoms with Crippen molar-refractivity contribution >= 4 is 17.6 Å². The summed E-state index contributed by atoms with van der Waals surface area (Å²) in [6.45, 7) is 1.86. The zero-order chi connectivity index (χ0) is 13.9. The average molecular weight is 282 g/mol. The van der Waals surface area contributed by atoms with Crippen LogP contribution in [0.15, 0.2) is 24.3 Å². The van der Waals surface area contributed by atoms with E-state index in [1.54, 1.807) is 6.07 Å². The Bertz CT molecular complexity index is 457. The van der Waals surface area contributed by atoms with Crippen LogP contribution in [0.1, 0.15) is 38.2 Å². The highest BCUT2D eigenvalue weighted by Gasteiger charge is 2.38. The van der Waals surface area contributed by atoms with E-state index >= 15 is 0 Å². The molecule has 0 heterocycles. The molecule has 19 heavy (non-hydrogen) atoms. The third kappa shape index (κ3) is 3.10. The average Bonchev–Trinajstić information content (AvgIpc) is 2.90. The number of ether oxygens (including phenoxy) is 1. The van der Waals surface area contributed by atoms with Crippen LogP contribution in [0.25, 0.3) is 0 Å². The number of hydrogen-bond acceptors (Lipinski definition) is 3. The number of nitrogens with one attached hydrogen (secondary N) is 1. The third-order valence-corrected chi connectivity index (χ3v) is 4.08. The summed E-state index contributed by atoms with van der Waals surface area (Å²) < 4.78 is 4.98. The lowest BCUT2D eigenvalue weighted by Gasteiger charge is -2.32. The van der Waals surface area contributed by atoms with Gasteiger partial charge in [-0.25, -0.2) is 4.79 Å². The highest BCUT2D eigenvalue weighted by Crippen LogP contribution is 2.29. The molecule has 4 heteroatoms. The van der Waals surface area contributed by atoms with Crippen molar-refractivity contribution in [3.63, 3.8) is 0 Å². The fourth-order valence-corrected chi connectivity index (χ4v) is 2.93. The molecule has 1 aromatic rings. The van der Waals surface area contributed by atoms with E-state index < -0.39 is 5.54 Å². The Balaban J connectivity index is 2.30. The summed E-state index contributed by atoms with van der Waals surface area (Å²) in [5.41, 5.74) is 0.00743. The van der Waals surface area contributed by atoms with Crippen molar-refractivity contribution < 1.29 is 9.53 Å². The molecular formula is C15H20ClNO2. The van der Waals surface area contributed by atoms with Gasteiger partial charge in [0.15, 0.2) is 0 Å². The first-order valence-electron chi connectivity index (χ1n) is 6.68. The monoisotopic (exact) mass is 281 g/mol. The van der Waals surface area contributed by atoms with Crippen molar-refractivity contribution in [3.05, 3.63) is 34.9 Å². The largest absolute Gasteiger partial charge is 0.467 e. The Hall–Kier alpha value is -1.06. The molecule has 104 valence electrons. The molecule has 0 aliphatic heterocycles. The van der Waals surface area contributed by atoms with Crippen LogP contribution in [0.2, 0.25) is 5.02 Å². The Kier molecular flexibility index (Phi) is 4.48. The van der Waals surface area contributed by atoms with Crippen LogP contribution in [0.5, 0.6) is 0 Å². The second-order valence-electron chi connectivity index (χ2n) is 5.25. The predicted molar refractivity (Wildman–Crippen MR) is 76.2 cm³/mol. The van der Waals surface area contributed by atoms with Gasteiger partial charge in [0.25, 0.3) is 0 Å². The molecule has 3 nitrogen and oxygen atoms in total. The molecule has 1 N–H and O–H groups in total. The van der Waals surface area contributed by atoms with Crippen LogP contribution in [0.3, 0.4) is 0 Å². The summed E-state index contributed by atoms with van der Waals surface area (Å²) >= 11 is 6.04. The minimum atomic E-state index is -0.839. The lowest BCUT2D eigenvalue weighted by atomic mass is 9.90. The van der Waals surface area contributed by atoms with E-state index in [-0.39, 0.29) is 5.97 Å². The molecule has 1 unspecified atom stereocenters. The summed E-state index contributed by atoms with van der Waals surface area (Å²) in [4.78, 5) is 12.2. The number of benzene rings is 1. The Morgan fingerprint density at radius 2 is 2.11 bits per heavy atom. The molecule has 0 bridgehead atoms. The SMILES string of the molecule is COC(=O)C(C)(NC1CCCC1)c1cccc(Cl)c1. The van der Waals surface area contributed by atoms with Gasteiger partial charge in [-0.05, 0) is 37.5 Å². The fourth-order valence-electron chi connectivity index (χ4n) is 2.74. The quantitative estimate of drug-likeness (QED) is 0.861. The molecule has 0 amide bonds. The number of carbonyl (C=O) groups is 1. The fraction of sp³-hybridized carbons (Fsp3) is 0.533. The van der Waals surface area contributed by atoms with Crippen LogP contribution in [-0.2, 0) is 15.1 Å². The first-order valence-corrected chi connectivity index (χ1v) is 7.06. The van der Waals surface area contributed by atoms with Crippen LogP contribution in [0, 0.1) is 0 Å². The van der Waals surface area contributed by atoms with Crippen molar-refractivity contribution in [2.45, 2.75) is 44.2 Å². The Morgan fingerprint density at radius 3 is 2.68 bits per heavy atom. The van der Waals surface area contributed by atoms with E-state index in [4.69, 9.17) is 16.3 Å². The summed E-state index contributed by atoms with van der Waals surface area (Å²) in [6, 6.07) is 7.75. The molecule has 2 rings (SSSR count). The topological polar surface area (TPSA) is 38.3 Å². The molecule has 1 aliphatic carbocycles. The van der Waals surface area contributed by atoms with Gasteiger partial charge in [0.1, 0.15) is 5.54 Å². The first-order chi connectivity index (χ1) is 9.06. The third-order valence-electron chi connectivity index (χ3n) is 3.84. The van der Waals surface area contributed by atoms with Crippen molar-refractivity contribution in [1.29, 1.82) is 0 Å². The second-order valence-corrected chi connectivity index (χ2v) is 5.69. The van der Waals surface area contributed by atoms with E-state index in [1.807, 2.05) is 25.1 Å². The minimum absolute atomic E-state index is 0.276. The predicted octanol–water partition coefficient (Wildman–Crippen LogP) is 3.26. The van der Waals surface area contributed by atoms with E-state index in [0.717, 1.165) is 18.4 Å². The van der Waals surface area contributed by atoms with E-state index in [0.29, 0.717) is 11.1 Å². The normalized spacial score (nSPS) is 19.1.